The van der Waals surface area contributed by atoms with Gasteiger partial charge < -0.3 is 19.5 Å². The van der Waals surface area contributed by atoms with E-state index in [0.29, 0.717) is 19.1 Å². The van der Waals surface area contributed by atoms with E-state index in [-0.39, 0.29) is 24.0 Å². The Morgan fingerprint density at radius 3 is 2.65 bits per heavy atom. The average molecular weight is 472 g/mol. The number of aliphatic imine (C=N–C) groups is 1. The van der Waals surface area contributed by atoms with Gasteiger partial charge in [-0.05, 0) is 25.0 Å². The molecule has 1 heterocycles. The van der Waals surface area contributed by atoms with Crippen LogP contribution < -0.4 is 10.1 Å². The molecular weight excluding hydrogens is 443 g/mol. The maximum Gasteiger partial charge on any atom is 0.194 e. The van der Waals surface area contributed by atoms with Gasteiger partial charge in [-0.3, -0.25) is 0 Å². The van der Waals surface area contributed by atoms with Crippen molar-refractivity contribution in [3.63, 3.8) is 0 Å². The number of aromatic nitrogens is 1. The molecule has 0 bridgehead atoms. The summed E-state index contributed by atoms with van der Waals surface area (Å²) in [7, 11) is 2.00. The van der Waals surface area contributed by atoms with Crippen molar-refractivity contribution in [3.05, 3.63) is 47.9 Å². The third kappa shape index (κ3) is 7.23. The second kappa shape index (κ2) is 11.8. The predicted molar refractivity (Wildman–Crippen MR) is 115 cm³/mol. The standard InChI is InChI=1S/C19H28N4O2.HI/c1-5-20-19(21-14-17-13-18(15(2)3)22-25-17)23(4)11-12-24-16-9-7-6-8-10-16;/h6-10,13,15H,5,11-12,14H2,1-4H3,(H,20,21);1H. The molecule has 0 saturated carbocycles. The van der Waals surface area contributed by atoms with Crippen LogP contribution in [0.25, 0.3) is 0 Å². The van der Waals surface area contributed by atoms with Gasteiger partial charge in [-0.15, -0.1) is 24.0 Å². The molecule has 0 fully saturated rings. The number of hydrogen-bond donors (Lipinski definition) is 1. The van der Waals surface area contributed by atoms with Gasteiger partial charge in [-0.25, -0.2) is 4.99 Å². The van der Waals surface area contributed by atoms with Crippen LogP contribution in [-0.4, -0.2) is 42.8 Å². The molecule has 2 rings (SSSR count). The molecular formula is C19H29IN4O2. The molecule has 7 heteroatoms. The van der Waals surface area contributed by atoms with E-state index in [0.717, 1.165) is 36.3 Å². The zero-order chi connectivity index (χ0) is 18.1. The summed E-state index contributed by atoms with van der Waals surface area (Å²) in [5.74, 6) is 2.82. The third-order valence-electron chi connectivity index (χ3n) is 3.69. The lowest BCUT2D eigenvalue weighted by atomic mass is 10.1. The van der Waals surface area contributed by atoms with Crippen molar-refractivity contribution in [2.75, 3.05) is 26.7 Å². The first-order chi connectivity index (χ1) is 12.1. The Hall–Kier alpha value is -1.77. The number of ether oxygens (including phenoxy) is 1. The van der Waals surface area contributed by atoms with E-state index in [2.05, 4.69) is 36.2 Å². The van der Waals surface area contributed by atoms with Gasteiger partial charge >= 0.3 is 0 Å². The van der Waals surface area contributed by atoms with Gasteiger partial charge in [0.25, 0.3) is 0 Å². The Kier molecular flexibility index (Phi) is 10.1. The fraction of sp³-hybridized carbons (Fsp3) is 0.474. The number of rotatable bonds is 8. The maximum atomic E-state index is 5.74. The Morgan fingerprint density at radius 2 is 2.04 bits per heavy atom. The lowest BCUT2D eigenvalue weighted by molar-refractivity contribution is 0.281. The van der Waals surface area contributed by atoms with Gasteiger partial charge in [0, 0.05) is 19.7 Å². The largest absolute Gasteiger partial charge is 0.492 e. The number of para-hydroxylation sites is 1. The zero-order valence-corrected chi connectivity index (χ0v) is 18.3. The molecule has 0 saturated heterocycles. The first-order valence-electron chi connectivity index (χ1n) is 8.73. The Labute approximate surface area is 173 Å². The normalized spacial score (nSPS) is 11.2. The van der Waals surface area contributed by atoms with E-state index in [1.54, 1.807) is 0 Å². The summed E-state index contributed by atoms with van der Waals surface area (Å²) in [4.78, 5) is 6.67. The maximum absolute atomic E-state index is 5.74. The summed E-state index contributed by atoms with van der Waals surface area (Å²) >= 11 is 0. The van der Waals surface area contributed by atoms with E-state index in [1.807, 2.05) is 48.3 Å². The molecule has 144 valence electrons. The summed E-state index contributed by atoms with van der Waals surface area (Å²) in [5.41, 5.74) is 0.958. The van der Waals surface area contributed by atoms with Gasteiger partial charge in [0.1, 0.15) is 18.9 Å². The number of hydrogen-bond acceptors (Lipinski definition) is 4. The van der Waals surface area contributed by atoms with E-state index in [1.165, 1.54) is 0 Å². The molecule has 0 spiro atoms. The van der Waals surface area contributed by atoms with Crippen molar-refractivity contribution < 1.29 is 9.26 Å². The molecule has 1 aromatic heterocycles. The summed E-state index contributed by atoms with van der Waals surface area (Å²) < 4.78 is 11.1. The van der Waals surface area contributed by atoms with Crippen LogP contribution >= 0.6 is 24.0 Å². The fourth-order valence-electron chi connectivity index (χ4n) is 2.22. The molecule has 2 aromatic rings. The summed E-state index contributed by atoms with van der Waals surface area (Å²) in [6.07, 6.45) is 0. The van der Waals surface area contributed by atoms with Crippen molar-refractivity contribution in [3.8, 4) is 5.75 Å². The second-order valence-electron chi connectivity index (χ2n) is 6.13. The molecule has 0 aliphatic carbocycles. The highest BCUT2D eigenvalue weighted by Gasteiger charge is 2.09. The van der Waals surface area contributed by atoms with Crippen molar-refractivity contribution in [2.24, 2.45) is 4.99 Å². The first-order valence-corrected chi connectivity index (χ1v) is 8.73. The van der Waals surface area contributed by atoms with E-state index < -0.39 is 0 Å². The third-order valence-corrected chi connectivity index (χ3v) is 3.69. The van der Waals surface area contributed by atoms with Gasteiger partial charge in [-0.2, -0.15) is 0 Å². The average Bonchev–Trinajstić information content (AvgIpc) is 3.08. The van der Waals surface area contributed by atoms with Gasteiger partial charge in [-0.1, -0.05) is 37.2 Å². The first kappa shape index (κ1) is 22.3. The number of nitrogens with zero attached hydrogens (tertiary/aromatic N) is 3. The van der Waals surface area contributed by atoms with Crippen LogP contribution in [0.2, 0.25) is 0 Å². The molecule has 1 aromatic carbocycles. The SMILES string of the molecule is CCNC(=NCc1cc(C(C)C)no1)N(C)CCOc1ccccc1.I. The topological polar surface area (TPSA) is 62.9 Å². The van der Waals surface area contributed by atoms with Crippen molar-refractivity contribution >= 4 is 29.9 Å². The van der Waals surface area contributed by atoms with Crippen molar-refractivity contribution in [2.45, 2.75) is 33.2 Å². The quantitative estimate of drug-likeness (QED) is 0.359. The summed E-state index contributed by atoms with van der Waals surface area (Å²) in [6.45, 7) is 8.82. The van der Waals surface area contributed by atoms with Crippen LogP contribution in [0.1, 0.15) is 38.1 Å². The highest BCUT2D eigenvalue weighted by Crippen LogP contribution is 2.14. The van der Waals surface area contributed by atoms with Crippen LogP contribution in [0.15, 0.2) is 45.9 Å². The van der Waals surface area contributed by atoms with Crippen LogP contribution in [-0.2, 0) is 6.54 Å². The van der Waals surface area contributed by atoms with Crippen molar-refractivity contribution in [1.29, 1.82) is 0 Å². The molecule has 0 aliphatic heterocycles. The Morgan fingerprint density at radius 1 is 1.31 bits per heavy atom. The molecule has 0 amide bonds. The minimum absolute atomic E-state index is 0. The molecule has 6 nitrogen and oxygen atoms in total. The number of benzene rings is 1. The molecule has 0 unspecified atom stereocenters. The lowest BCUT2D eigenvalue weighted by Gasteiger charge is -2.22. The van der Waals surface area contributed by atoms with E-state index in [9.17, 15) is 0 Å². The molecule has 0 atom stereocenters. The highest BCUT2D eigenvalue weighted by atomic mass is 127. The molecule has 0 radical (unpaired) electrons. The fourth-order valence-corrected chi connectivity index (χ4v) is 2.22. The van der Waals surface area contributed by atoms with Crippen LogP contribution in [0.3, 0.4) is 0 Å². The predicted octanol–water partition coefficient (Wildman–Crippen LogP) is 3.89. The number of likely N-dealkylation sites (N-methyl/N-ethyl adjacent to an activating group) is 1. The van der Waals surface area contributed by atoms with Crippen LogP contribution in [0, 0.1) is 0 Å². The van der Waals surface area contributed by atoms with Gasteiger partial charge in [0.15, 0.2) is 11.7 Å². The molecule has 26 heavy (non-hydrogen) atoms. The van der Waals surface area contributed by atoms with Crippen molar-refractivity contribution in [1.82, 2.24) is 15.4 Å². The monoisotopic (exact) mass is 472 g/mol. The Balaban J connectivity index is 0.00000338. The summed E-state index contributed by atoms with van der Waals surface area (Å²) in [5, 5.41) is 7.36. The van der Waals surface area contributed by atoms with Crippen LogP contribution in [0.4, 0.5) is 0 Å². The minimum Gasteiger partial charge on any atom is -0.492 e. The zero-order valence-electron chi connectivity index (χ0n) is 15.9. The van der Waals surface area contributed by atoms with Crippen LogP contribution in [0.5, 0.6) is 5.75 Å². The smallest absolute Gasteiger partial charge is 0.194 e. The summed E-state index contributed by atoms with van der Waals surface area (Å²) in [6, 6.07) is 11.8. The lowest BCUT2D eigenvalue weighted by Crippen LogP contribution is -2.40. The minimum atomic E-state index is 0. The van der Waals surface area contributed by atoms with E-state index >= 15 is 0 Å². The van der Waals surface area contributed by atoms with Gasteiger partial charge in [0.2, 0.25) is 0 Å². The van der Waals surface area contributed by atoms with E-state index in [4.69, 9.17) is 9.26 Å². The number of guanidine groups is 1. The highest BCUT2D eigenvalue weighted by molar-refractivity contribution is 14.0. The number of halogens is 1. The number of nitrogens with one attached hydrogen (secondary N) is 1. The Bertz CT molecular complexity index is 659. The molecule has 0 aliphatic rings. The molecule has 1 N–H and O–H groups in total. The van der Waals surface area contributed by atoms with Gasteiger partial charge in [0.05, 0.1) is 12.2 Å². The second-order valence-corrected chi connectivity index (χ2v) is 6.13.